The van der Waals surface area contributed by atoms with Gasteiger partial charge in [0.1, 0.15) is 0 Å². The lowest BCUT2D eigenvalue weighted by molar-refractivity contribution is -0.185. The predicted octanol–water partition coefficient (Wildman–Crippen LogP) is 3.48. The molecule has 1 rings (SSSR count). The van der Waals surface area contributed by atoms with E-state index in [1.807, 2.05) is 13.8 Å². The molecule has 1 unspecified atom stereocenters. The van der Waals surface area contributed by atoms with Crippen LogP contribution in [0.1, 0.15) is 46.0 Å². The highest BCUT2D eigenvalue weighted by Crippen LogP contribution is 2.43. The van der Waals surface area contributed by atoms with Crippen molar-refractivity contribution in [3.63, 3.8) is 0 Å². The number of halogens is 3. The first-order chi connectivity index (χ1) is 6.79. The Labute approximate surface area is 89.2 Å². The Kier molecular flexibility index (Phi) is 3.69. The van der Waals surface area contributed by atoms with Crippen LogP contribution in [0, 0.1) is 11.8 Å². The lowest BCUT2D eigenvalue weighted by atomic mass is 9.70. The van der Waals surface area contributed by atoms with E-state index >= 15 is 0 Å². The Morgan fingerprint density at radius 1 is 1.33 bits per heavy atom. The Morgan fingerprint density at radius 2 is 1.80 bits per heavy atom. The van der Waals surface area contributed by atoms with Crippen LogP contribution in [0.3, 0.4) is 0 Å². The van der Waals surface area contributed by atoms with Crippen LogP contribution in [-0.4, -0.2) is 11.7 Å². The zero-order valence-electron chi connectivity index (χ0n) is 9.40. The highest BCUT2D eigenvalue weighted by Gasteiger charge is 2.45. The fourth-order valence-corrected chi connectivity index (χ4v) is 2.38. The molecule has 0 heterocycles. The molecule has 1 fully saturated rings. The van der Waals surface area contributed by atoms with Crippen LogP contribution in [0.4, 0.5) is 13.2 Å². The van der Waals surface area contributed by atoms with Gasteiger partial charge in [0.05, 0.1) is 5.92 Å². The molecule has 1 saturated carbocycles. The van der Waals surface area contributed by atoms with E-state index in [1.165, 1.54) is 0 Å². The van der Waals surface area contributed by atoms with Crippen LogP contribution >= 0.6 is 0 Å². The Hall–Kier alpha value is -0.250. The lowest BCUT2D eigenvalue weighted by Gasteiger charge is -2.41. The van der Waals surface area contributed by atoms with E-state index in [0.29, 0.717) is 18.8 Å². The number of hydrogen-bond acceptors (Lipinski definition) is 1. The standard InChI is InChI=1S/C11H20F3N/c1-3-8(2)10(15)6-4-9(5-7-10)11(12,13)14/h8-9H,3-7,15H2,1-2H3. The summed E-state index contributed by atoms with van der Waals surface area (Å²) in [7, 11) is 0. The van der Waals surface area contributed by atoms with Gasteiger partial charge < -0.3 is 5.73 Å². The maximum atomic E-state index is 12.4. The van der Waals surface area contributed by atoms with Crippen molar-refractivity contribution in [1.82, 2.24) is 0 Å². The van der Waals surface area contributed by atoms with E-state index in [-0.39, 0.29) is 18.4 Å². The first-order valence-electron chi connectivity index (χ1n) is 5.65. The summed E-state index contributed by atoms with van der Waals surface area (Å²) in [5.41, 5.74) is 5.79. The van der Waals surface area contributed by atoms with Crippen molar-refractivity contribution in [1.29, 1.82) is 0 Å². The van der Waals surface area contributed by atoms with Gasteiger partial charge >= 0.3 is 6.18 Å². The van der Waals surface area contributed by atoms with E-state index in [0.717, 1.165) is 6.42 Å². The summed E-state index contributed by atoms with van der Waals surface area (Å²) in [6.07, 6.45) is -1.68. The van der Waals surface area contributed by atoms with Crippen LogP contribution in [0.2, 0.25) is 0 Å². The van der Waals surface area contributed by atoms with Gasteiger partial charge in [-0.1, -0.05) is 20.3 Å². The monoisotopic (exact) mass is 223 g/mol. The molecule has 0 aromatic rings. The number of hydrogen-bond donors (Lipinski definition) is 1. The van der Waals surface area contributed by atoms with Gasteiger partial charge in [0.25, 0.3) is 0 Å². The Balaban J connectivity index is 2.55. The zero-order valence-corrected chi connectivity index (χ0v) is 9.40. The van der Waals surface area contributed by atoms with Gasteiger partial charge in [0.15, 0.2) is 0 Å². The molecule has 2 N–H and O–H groups in total. The number of nitrogens with two attached hydrogens (primary N) is 1. The summed E-state index contributed by atoms with van der Waals surface area (Å²) in [6.45, 7) is 4.07. The summed E-state index contributed by atoms with van der Waals surface area (Å²) in [5, 5.41) is 0. The SMILES string of the molecule is CCC(C)C1(N)CCC(C(F)(F)F)CC1. The minimum Gasteiger partial charge on any atom is -0.325 e. The largest absolute Gasteiger partial charge is 0.391 e. The molecule has 4 heteroatoms. The normalized spacial score (nSPS) is 35.2. The Morgan fingerprint density at radius 3 is 2.13 bits per heavy atom. The smallest absolute Gasteiger partial charge is 0.325 e. The summed E-state index contributed by atoms with van der Waals surface area (Å²) < 4.78 is 37.3. The van der Waals surface area contributed by atoms with Crippen molar-refractivity contribution in [3.05, 3.63) is 0 Å². The second-order valence-corrected chi connectivity index (χ2v) is 4.86. The minimum atomic E-state index is -4.03. The van der Waals surface area contributed by atoms with Gasteiger partial charge in [-0.25, -0.2) is 0 Å². The van der Waals surface area contributed by atoms with E-state index < -0.39 is 12.1 Å². The molecule has 0 aromatic carbocycles. The van der Waals surface area contributed by atoms with Gasteiger partial charge in [-0.05, 0) is 31.6 Å². The molecule has 0 bridgehead atoms. The molecule has 0 aliphatic heterocycles. The van der Waals surface area contributed by atoms with E-state index in [1.54, 1.807) is 0 Å². The first kappa shape index (κ1) is 12.8. The summed E-state index contributed by atoms with van der Waals surface area (Å²) in [6, 6.07) is 0. The van der Waals surface area contributed by atoms with Crippen molar-refractivity contribution >= 4 is 0 Å². The van der Waals surface area contributed by atoms with Crippen LogP contribution in [0.25, 0.3) is 0 Å². The van der Waals surface area contributed by atoms with Crippen LogP contribution < -0.4 is 5.73 Å². The zero-order chi connectivity index (χ0) is 11.7. The lowest BCUT2D eigenvalue weighted by Crippen LogP contribution is -2.50. The fraction of sp³-hybridized carbons (Fsp3) is 1.00. The van der Waals surface area contributed by atoms with E-state index in [4.69, 9.17) is 5.73 Å². The highest BCUT2D eigenvalue weighted by atomic mass is 19.4. The van der Waals surface area contributed by atoms with Gasteiger partial charge in [-0.3, -0.25) is 0 Å². The molecule has 90 valence electrons. The van der Waals surface area contributed by atoms with Gasteiger partial charge in [0.2, 0.25) is 0 Å². The third-order valence-corrected chi connectivity index (χ3v) is 3.97. The van der Waals surface area contributed by atoms with Crippen LogP contribution in [0.15, 0.2) is 0 Å². The van der Waals surface area contributed by atoms with Crippen molar-refractivity contribution < 1.29 is 13.2 Å². The minimum absolute atomic E-state index is 0.199. The summed E-state index contributed by atoms with van der Waals surface area (Å²) in [5.74, 6) is -0.815. The molecule has 15 heavy (non-hydrogen) atoms. The van der Waals surface area contributed by atoms with Crippen LogP contribution in [0.5, 0.6) is 0 Å². The summed E-state index contributed by atoms with van der Waals surface area (Å²) in [4.78, 5) is 0. The fourth-order valence-electron chi connectivity index (χ4n) is 2.38. The average molecular weight is 223 g/mol. The second-order valence-electron chi connectivity index (χ2n) is 4.86. The predicted molar refractivity (Wildman–Crippen MR) is 54.4 cm³/mol. The second kappa shape index (κ2) is 4.32. The van der Waals surface area contributed by atoms with Crippen molar-refractivity contribution in [2.24, 2.45) is 17.6 Å². The molecule has 1 nitrogen and oxygen atoms in total. The highest BCUT2D eigenvalue weighted by molar-refractivity contribution is 4.94. The summed E-state index contributed by atoms with van der Waals surface area (Å²) >= 11 is 0. The van der Waals surface area contributed by atoms with Crippen molar-refractivity contribution in [2.75, 3.05) is 0 Å². The molecule has 0 aromatic heterocycles. The molecule has 0 radical (unpaired) electrons. The molecular weight excluding hydrogens is 203 g/mol. The molecule has 0 saturated heterocycles. The molecule has 1 aliphatic rings. The third-order valence-electron chi connectivity index (χ3n) is 3.97. The molecule has 1 atom stereocenters. The molecule has 0 amide bonds. The third kappa shape index (κ3) is 2.86. The average Bonchev–Trinajstić information content (AvgIpc) is 2.15. The molecule has 0 spiro atoms. The maximum absolute atomic E-state index is 12.4. The number of alkyl halides is 3. The quantitative estimate of drug-likeness (QED) is 0.762. The maximum Gasteiger partial charge on any atom is 0.391 e. The van der Waals surface area contributed by atoms with Crippen molar-refractivity contribution in [3.8, 4) is 0 Å². The van der Waals surface area contributed by atoms with Crippen molar-refractivity contribution in [2.45, 2.75) is 57.7 Å². The van der Waals surface area contributed by atoms with Gasteiger partial charge in [0, 0.05) is 5.54 Å². The Bertz CT molecular complexity index is 204. The first-order valence-corrected chi connectivity index (χ1v) is 5.65. The van der Waals surface area contributed by atoms with E-state index in [2.05, 4.69) is 0 Å². The van der Waals surface area contributed by atoms with Crippen LogP contribution in [-0.2, 0) is 0 Å². The topological polar surface area (TPSA) is 26.0 Å². The molecule has 1 aliphatic carbocycles. The number of rotatable bonds is 2. The van der Waals surface area contributed by atoms with E-state index in [9.17, 15) is 13.2 Å². The van der Waals surface area contributed by atoms with Gasteiger partial charge in [-0.2, -0.15) is 13.2 Å². The molecular formula is C11H20F3N. The van der Waals surface area contributed by atoms with Gasteiger partial charge in [-0.15, -0.1) is 0 Å².